The highest BCUT2D eigenvalue weighted by Crippen LogP contribution is 2.09. The lowest BCUT2D eigenvalue weighted by Gasteiger charge is -2.10. The average Bonchev–Trinajstić information content (AvgIpc) is 1.90. The van der Waals surface area contributed by atoms with Gasteiger partial charge in [-0.05, 0) is 6.42 Å². The van der Waals surface area contributed by atoms with Crippen LogP contribution < -0.4 is 5.73 Å². The molecule has 2 N–H and O–H groups in total. The lowest BCUT2D eigenvalue weighted by Crippen LogP contribution is -2.29. The normalized spacial score (nSPS) is 15.8. The Hall–Kier alpha value is -0.930. The second kappa shape index (κ2) is 3.98. The largest absolute Gasteiger partial charge is 0.369 e. The van der Waals surface area contributed by atoms with E-state index in [2.05, 4.69) is 5.18 Å². The van der Waals surface area contributed by atoms with Crippen molar-refractivity contribution in [3.63, 3.8) is 0 Å². The van der Waals surface area contributed by atoms with Gasteiger partial charge in [0.1, 0.15) is 6.04 Å². The molecule has 4 heteroatoms. The third-order valence-electron chi connectivity index (χ3n) is 1.58. The lowest BCUT2D eigenvalue weighted by molar-refractivity contribution is -0.121. The zero-order chi connectivity index (χ0) is 8.15. The van der Waals surface area contributed by atoms with Gasteiger partial charge in [0.2, 0.25) is 5.91 Å². The summed E-state index contributed by atoms with van der Waals surface area (Å²) < 4.78 is 0. The van der Waals surface area contributed by atoms with Crippen LogP contribution in [0.25, 0.3) is 0 Å². The Bertz CT molecular complexity index is 136. The first kappa shape index (κ1) is 9.07. The summed E-state index contributed by atoms with van der Waals surface area (Å²) in [6.45, 7) is 3.41. The third-order valence-corrected chi connectivity index (χ3v) is 1.58. The van der Waals surface area contributed by atoms with Gasteiger partial charge in [0.25, 0.3) is 0 Å². The summed E-state index contributed by atoms with van der Waals surface area (Å²) in [5, 5.41) is 2.78. The fourth-order valence-corrected chi connectivity index (χ4v) is 0.709. The Morgan fingerprint density at radius 2 is 2.20 bits per heavy atom. The molecule has 58 valence electrons. The van der Waals surface area contributed by atoms with E-state index in [1.54, 1.807) is 13.8 Å². The standard InChI is InChI=1S/C6H12N2O2/c1-3-5(8-10)4(2)6(7)9/h4-5H,3H2,1-2H3,(H2,7,9)/t4-,5+/m0/s1. The molecule has 0 saturated heterocycles. The number of hydrogen-bond donors (Lipinski definition) is 1. The Balaban J connectivity index is 4.00. The summed E-state index contributed by atoms with van der Waals surface area (Å²) in [7, 11) is 0. The van der Waals surface area contributed by atoms with Crippen LogP contribution in [0, 0.1) is 10.8 Å². The van der Waals surface area contributed by atoms with Gasteiger partial charge in [0, 0.05) is 0 Å². The number of nitroso groups, excluding NO2 is 1. The van der Waals surface area contributed by atoms with Gasteiger partial charge in [0.05, 0.1) is 5.92 Å². The van der Waals surface area contributed by atoms with Crippen LogP contribution in [0.2, 0.25) is 0 Å². The summed E-state index contributed by atoms with van der Waals surface area (Å²) in [4.78, 5) is 20.5. The molecule has 0 aliphatic carbocycles. The van der Waals surface area contributed by atoms with Crippen LogP contribution in [0.5, 0.6) is 0 Å². The molecule has 0 unspecified atom stereocenters. The van der Waals surface area contributed by atoms with E-state index in [-0.39, 0.29) is 0 Å². The molecular weight excluding hydrogens is 132 g/mol. The summed E-state index contributed by atoms with van der Waals surface area (Å²) >= 11 is 0. The van der Waals surface area contributed by atoms with E-state index < -0.39 is 17.9 Å². The summed E-state index contributed by atoms with van der Waals surface area (Å²) in [6.07, 6.45) is 0.563. The van der Waals surface area contributed by atoms with Gasteiger partial charge in [-0.1, -0.05) is 19.0 Å². The fraction of sp³-hybridized carbons (Fsp3) is 0.833. The van der Waals surface area contributed by atoms with Crippen LogP contribution in [0.1, 0.15) is 20.3 Å². The molecule has 0 aromatic carbocycles. The first-order valence-electron chi connectivity index (χ1n) is 3.25. The molecule has 0 heterocycles. The Morgan fingerprint density at radius 1 is 1.70 bits per heavy atom. The van der Waals surface area contributed by atoms with E-state index >= 15 is 0 Å². The van der Waals surface area contributed by atoms with E-state index in [9.17, 15) is 9.70 Å². The van der Waals surface area contributed by atoms with Crippen molar-refractivity contribution in [2.24, 2.45) is 16.8 Å². The van der Waals surface area contributed by atoms with Gasteiger partial charge in [-0.3, -0.25) is 4.79 Å². The van der Waals surface area contributed by atoms with E-state index in [1.165, 1.54) is 0 Å². The van der Waals surface area contributed by atoms with Crippen LogP contribution in [0.3, 0.4) is 0 Å². The minimum atomic E-state index is -0.466. The van der Waals surface area contributed by atoms with E-state index in [1.807, 2.05) is 0 Å². The zero-order valence-electron chi connectivity index (χ0n) is 6.20. The van der Waals surface area contributed by atoms with Crippen LogP contribution in [0.15, 0.2) is 5.18 Å². The molecule has 1 amide bonds. The molecule has 0 spiro atoms. The molecule has 0 aliphatic heterocycles. The number of primary amides is 1. The molecule has 0 radical (unpaired) electrons. The van der Waals surface area contributed by atoms with Gasteiger partial charge in [-0.2, -0.15) is 4.91 Å². The van der Waals surface area contributed by atoms with Gasteiger partial charge < -0.3 is 5.73 Å². The summed E-state index contributed by atoms with van der Waals surface area (Å²) in [6, 6.07) is -0.461. The second-order valence-corrected chi connectivity index (χ2v) is 2.27. The van der Waals surface area contributed by atoms with Crippen LogP contribution in [-0.4, -0.2) is 11.9 Å². The molecule has 0 rings (SSSR count). The van der Waals surface area contributed by atoms with Crippen molar-refractivity contribution in [2.75, 3.05) is 0 Å². The third kappa shape index (κ3) is 2.13. The van der Waals surface area contributed by atoms with Crippen LogP contribution in [-0.2, 0) is 4.79 Å². The maximum absolute atomic E-state index is 10.5. The van der Waals surface area contributed by atoms with Crippen molar-refractivity contribution in [1.82, 2.24) is 0 Å². The quantitative estimate of drug-likeness (QED) is 0.588. The Morgan fingerprint density at radius 3 is 2.30 bits per heavy atom. The number of carbonyl (C=O) groups is 1. The molecule has 2 atom stereocenters. The zero-order valence-corrected chi connectivity index (χ0v) is 6.20. The van der Waals surface area contributed by atoms with E-state index in [0.717, 1.165) is 0 Å². The monoisotopic (exact) mass is 144 g/mol. The molecule has 10 heavy (non-hydrogen) atoms. The predicted molar refractivity (Wildman–Crippen MR) is 38.2 cm³/mol. The fourth-order valence-electron chi connectivity index (χ4n) is 0.709. The van der Waals surface area contributed by atoms with Crippen LogP contribution in [0.4, 0.5) is 0 Å². The van der Waals surface area contributed by atoms with Crippen molar-refractivity contribution in [3.05, 3.63) is 4.91 Å². The van der Waals surface area contributed by atoms with Crippen LogP contribution >= 0.6 is 0 Å². The first-order valence-corrected chi connectivity index (χ1v) is 3.25. The SMILES string of the molecule is CC[C@@H](N=O)[C@H](C)C(N)=O. The number of nitrogens with zero attached hydrogens (tertiary/aromatic N) is 1. The average molecular weight is 144 g/mol. The van der Waals surface area contributed by atoms with Crippen molar-refractivity contribution >= 4 is 5.91 Å². The van der Waals surface area contributed by atoms with Gasteiger partial charge in [-0.25, -0.2) is 0 Å². The van der Waals surface area contributed by atoms with Gasteiger partial charge >= 0.3 is 0 Å². The van der Waals surface area contributed by atoms with Crippen molar-refractivity contribution in [2.45, 2.75) is 26.3 Å². The predicted octanol–water partition coefficient (Wildman–Crippen LogP) is 0.653. The van der Waals surface area contributed by atoms with Gasteiger partial charge in [-0.15, -0.1) is 0 Å². The van der Waals surface area contributed by atoms with E-state index in [4.69, 9.17) is 5.73 Å². The minimum absolute atomic E-state index is 0.442. The second-order valence-electron chi connectivity index (χ2n) is 2.27. The number of carbonyl (C=O) groups excluding carboxylic acids is 1. The smallest absolute Gasteiger partial charge is 0.222 e. The molecule has 0 fully saturated rings. The Kier molecular flexibility index (Phi) is 3.61. The lowest BCUT2D eigenvalue weighted by atomic mass is 10.0. The highest BCUT2D eigenvalue weighted by molar-refractivity contribution is 5.76. The molecule has 0 saturated carbocycles. The number of nitrogens with two attached hydrogens (primary N) is 1. The topological polar surface area (TPSA) is 72.5 Å². The molecule has 4 nitrogen and oxygen atoms in total. The highest BCUT2D eigenvalue weighted by Gasteiger charge is 2.20. The highest BCUT2D eigenvalue weighted by atomic mass is 16.3. The van der Waals surface area contributed by atoms with Crippen molar-refractivity contribution in [3.8, 4) is 0 Å². The number of hydrogen-bond acceptors (Lipinski definition) is 3. The molecular formula is C6H12N2O2. The molecule has 0 aromatic rings. The van der Waals surface area contributed by atoms with E-state index in [0.29, 0.717) is 6.42 Å². The Labute approximate surface area is 59.8 Å². The molecule has 0 bridgehead atoms. The summed E-state index contributed by atoms with van der Waals surface area (Å²) in [5.41, 5.74) is 4.95. The molecule has 0 aromatic heterocycles. The summed E-state index contributed by atoms with van der Waals surface area (Å²) in [5.74, 6) is -0.908. The molecule has 0 aliphatic rings. The number of amides is 1. The van der Waals surface area contributed by atoms with Gasteiger partial charge in [0.15, 0.2) is 0 Å². The number of rotatable bonds is 4. The van der Waals surface area contributed by atoms with Crippen molar-refractivity contribution in [1.29, 1.82) is 0 Å². The minimum Gasteiger partial charge on any atom is -0.369 e. The first-order chi connectivity index (χ1) is 4.63. The maximum atomic E-state index is 10.5. The van der Waals surface area contributed by atoms with Crippen molar-refractivity contribution < 1.29 is 4.79 Å². The maximum Gasteiger partial charge on any atom is 0.222 e.